The van der Waals surface area contributed by atoms with Crippen LogP contribution < -0.4 is 5.73 Å². The quantitative estimate of drug-likeness (QED) is 0.674. The average molecular weight is 185 g/mol. The highest BCUT2D eigenvalue weighted by molar-refractivity contribution is 5.76. The summed E-state index contributed by atoms with van der Waals surface area (Å²) in [6.07, 6.45) is 4.15. The molecule has 1 atom stereocenters. The Labute approximate surface area is 79.6 Å². The SMILES string of the molecule is CCC(C)(CN)C(=O)OC1CCC1. The number of nitrogens with two attached hydrogens (primary N) is 1. The van der Waals surface area contributed by atoms with Gasteiger partial charge >= 0.3 is 5.97 Å². The Morgan fingerprint density at radius 2 is 2.23 bits per heavy atom. The summed E-state index contributed by atoms with van der Waals surface area (Å²) < 4.78 is 5.31. The van der Waals surface area contributed by atoms with Crippen LogP contribution in [-0.4, -0.2) is 18.6 Å². The van der Waals surface area contributed by atoms with E-state index in [1.165, 1.54) is 6.42 Å². The van der Waals surface area contributed by atoms with Crippen LogP contribution in [0.5, 0.6) is 0 Å². The number of ether oxygens (including phenoxy) is 1. The van der Waals surface area contributed by atoms with Crippen molar-refractivity contribution < 1.29 is 9.53 Å². The Kier molecular flexibility index (Phi) is 3.31. The van der Waals surface area contributed by atoms with Crippen LogP contribution in [0.25, 0.3) is 0 Å². The van der Waals surface area contributed by atoms with Gasteiger partial charge in [0.25, 0.3) is 0 Å². The first-order chi connectivity index (χ1) is 6.12. The number of carbonyl (C=O) groups excluding carboxylic acids is 1. The van der Waals surface area contributed by atoms with Crippen LogP contribution in [0.1, 0.15) is 39.5 Å². The summed E-state index contributed by atoms with van der Waals surface area (Å²) in [6.45, 7) is 4.21. The first-order valence-electron chi connectivity index (χ1n) is 5.03. The largest absolute Gasteiger partial charge is 0.462 e. The molecule has 1 fully saturated rings. The molecule has 0 amide bonds. The van der Waals surface area contributed by atoms with Crippen molar-refractivity contribution in [3.8, 4) is 0 Å². The highest BCUT2D eigenvalue weighted by Crippen LogP contribution is 2.27. The molecule has 3 heteroatoms. The molecule has 13 heavy (non-hydrogen) atoms. The minimum Gasteiger partial charge on any atom is -0.462 e. The van der Waals surface area contributed by atoms with Gasteiger partial charge in [-0.3, -0.25) is 4.79 Å². The fraction of sp³-hybridized carbons (Fsp3) is 0.900. The van der Waals surface area contributed by atoms with Crippen LogP contribution in [0.3, 0.4) is 0 Å². The lowest BCUT2D eigenvalue weighted by atomic mass is 9.87. The molecule has 0 aromatic heterocycles. The second-order valence-corrected chi connectivity index (χ2v) is 4.08. The Bertz CT molecular complexity index is 183. The Morgan fingerprint density at radius 1 is 1.62 bits per heavy atom. The van der Waals surface area contributed by atoms with E-state index in [2.05, 4.69) is 0 Å². The van der Waals surface area contributed by atoms with Gasteiger partial charge in [0.1, 0.15) is 6.10 Å². The molecule has 0 heterocycles. The number of esters is 1. The van der Waals surface area contributed by atoms with Gasteiger partial charge in [0.05, 0.1) is 5.41 Å². The lowest BCUT2D eigenvalue weighted by molar-refractivity contribution is -0.164. The molecule has 0 saturated heterocycles. The number of rotatable bonds is 4. The van der Waals surface area contributed by atoms with Crippen LogP contribution in [0.4, 0.5) is 0 Å². The van der Waals surface area contributed by atoms with Crippen LogP contribution in [0, 0.1) is 5.41 Å². The van der Waals surface area contributed by atoms with Gasteiger partial charge in [-0.1, -0.05) is 6.92 Å². The lowest BCUT2D eigenvalue weighted by Crippen LogP contribution is -2.40. The van der Waals surface area contributed by atoms with Gasteiger partial charge in [-0.05, 0) is 32.6 Å². The molecule has 0 aliphatic heterocycles. The molecule has 1 rings (SSSR count). The predicted octanol–water partition coefficient (Wildman–Crippen LogP) is 1.46. The van der Waals surface area contributed by atoms with Crippen LogP contribution >= 0.6 is 0 Å². The molecular formula is C10H19NO2. The van der Waals surface area contributed by atoms with Crippen LogP contribution in [0.15, 0.2) is 0 Å². The maximum atomic E-state index is 11.6. The van der Waals surface area contributed by atoms with Crippen molar-refractivity contribution in [3.63, 3.8) is 0 Å². The standard InChI is InChI=1S/C10H19NO2/c1-3-10(2,7-11)9(12)13-8-5-4-6-8/h8H,3-7,11H2,1-2H3. The van der Waals surface area contributed by atoms with E-state index >= 15 is 0 Å². The van der Waals surface area contributed by atoms with Crippen LogP contribution in [0.2, 0.25) is 0 Å². The lowest BCUT2D eigenvalue weighted by Gasteiger charge is -2.31. The molecule has 0 aromatic rings. The maximum absolute atomic E-state index is 11.6. The van der Waals surface area contributed by atoms with E-state index in [1.807, 2.05) is 13.8 Å². The molecule has 0 radical (unpaired) electrons. The summed E-state index contributed by atoms with van der Waals surface area (Å²) in [5.74, 6) is -0.123. The van der Waals surface area contributed by atoms with Crippen molar-refractivity contribution in [2.75, 3.05) is 6.54 Å². The van der Waals surface area contributed by atoms with Gasteiger partial charge in [0.2, 0.25) is 0 Å². The van der Waals surface area contributed by atoms with E-state index in [-0.39, 0.29) is 12.1 Å². The number of hydrogen-bond donors (Lipinski definition) is 1. The summed E-state index contributed by atoms with van der Waals surface area (Å²) in [5.41, 5.74) is 5.08. The third-order valence-electron chi connectivity index (χ3n) is 3.05. The number of carbonyl (C=O) groups is 1. The van der Waals surface area contributed by atoms with Gasteiger partial charge in [-0.15, -0.1) is 0 Å². The summed E-state index contributed by atoms with van der Waals surface area (Å²) in [6, 6.07) is 0. The molecule has 0 bridgehead atoms. The monoisotopic (exact) mass is 185 g/mol. The normalized spacial score (nSPS) is 21.8. The second kappa shape index (κ2) is 4.09. The molecule has 0 aromatic carbocycles. The first-order valence-corrected chi connectivity index (χ1v) is 5.03. The van der Waals surface area contributed by atoms with Crippen molar-refractivity contribution in [2.45, 2.75) is 45.6 Å². The zero-order valence-corrected chi connectivity index (χ0v) is 8.51. The maximum Gasteiger partial charge on any atom is 0.313 e. The molecule has 1 aliphatic rings. The highest BCUT2D eigenvalue weighted by Gasteiger charge is 2.34. The molecule has 1 saturated carbocycles. The van der Waals surface area contributed by atoms with E-state index in [4.69, 9.17) is 10.5 Å². The van der Waals surface area contributed by atoms with E-state index < -0.39 is 5.41 Å². The molecular weight excluding hydrogens is 166 g/mol. The Morgan fingerprint density at radius 3 is 2.54 bits per heavy atom. The van der Waals surface area contributed by atoms with Crippen molar-refractivity contribution in [1.29, 1.82) is 0 Å². The predicted molar refractivity (Wildman–Crippen MR) is 51.2 cm³/mol. The third kappa shape index (κ3) is 2.21. The molecule has 0 spiro atoms. The fourth-order valence-corrected chi connectivity index (χ4v) is 1.15. The number of hydrogen-bond acceptors (Lipinski definition) is 3. The molecule has 1 unspecified atom stereocenters. The van der Waals surface area contributed by atoms with Gasteiger partial charge < -0.3 is 10.5 Å². The van der Waals surface area contributed by atoms with E-state index in [9.17, 15) is 4.79 Å². The average Bonchev–Trinajstić information content (AvgIpc) is 2.09. The van der Waals surface area contributed by atoms with Gasteiger partial charge in [-0.25, -0.2) is 0 Å². The van der Waals surface area contributed by atoms with Crippen LogP contribution in [-0.2, 0) is 9.53 Å². The van der Waals surface area contributed by atoms with Crippen molar-refractivity contribution in [2.24, 2.45) is 11.1 Å². The molecule has 76 valence electrons. The van der Waals surface area contributed by atoms with E-state index in [0.29, 0.717) is 6.54 Å². The smallest absolute Gasteiger partial charge is 0.313 e. The minimum atomic E-state index is -0.477. The van der Waals surface area contributed by atoms with Gasteiger partial charge in [0.15, 0.2) is 0 Å². The topological polar surface area (TPSA) is 52.3 Å². The Balaban J connectivity index is 2.43. The third-order valence-corrected chi connectivity index (χ3v) is 3.05. The molecule has 1 aliphatic carbocycles. The summed E-state index contributed by atoms with van der Waals surface area (Å²) in [5, 5.41) is 0. The summed E-state index contributed by atoms with van der Waals surface area (Å²) in [4.78, 5) is 11.6. The minimum absolute atomic E-state index is 0.123. The van der Waals surface area contributed by atoms with Gasteiger partial charge in [-0.2, -0.15) is 0 Å². The zero-order chi connectivity index (χ0) is 9.90. The first kappa shape index (κ1) is 10.5. The molecule has 3 nitrogen and oxygen atoms in total. The summed E-state index contributed by atoms with van der Waals surface area (Å²) in [7, 11) is 0. The van der Waals surface area contributed by atoms with Gasteiger partial charge in [0, 0.05) is 6.54 Å². The fourth-order valence-electron chi connectivity index (χ4n) is 1.15. The Hall–Kier alpha value is -0.570. The van der Waals surface area contributed by atoms with Crippen molar-refractivity contribution in [1.82, 2.24) is 0 Å². The van der Waals surface area contributed by atoms with Crippen molar-refractivity contribution in [3.05, 3.63) is 0 Å². The molecule has 2 N–H and O–H groups in total. The zero-order valence-electron chi connectivity index (χ0n) is 8.51. The summed E-state index contributed by atoms with van der Waals surface area (Å²) >= 11 is 0. The van der Waals surface area contributed by atoms with E-state index in [1.54, 1.807) is 0 Å². The van der Waals surface area contributed by atoms with E-state index in [0.717, 1.165) is 19.3 Å². The van der Waals surface area contributed by atoms with Crippen molar-refractivity contribution >= 4 is 5.97 Å². The second-order valence-electron chi connectivity index (χ2n) is 4.08. The highest BCUT2D eigenvalue weighted by atomic mass is 16.5.